The summed E-state index contributed by atoms with van der Waals surface area (Å²) in [7, 11) is 0. The van der Waals surface area contributed by atoms with Gasteiger partial charge < -0.3 is 10.6 Å². The predicted molar refractivity (Wildman–Crippen MR) is 75.7 cm³/mol. The van der Waals surface area contributed by atoms with Crippen molar-refractivity contribution < 1.29 is 4.79 Å². The summed E-state index contributed by atoms with van der Waals surface area (Å²) in [6, 6.07) is 13.5. The molecule has 0 aromatic heterocycles. The lowest BCUT2D eigenvalue weighted by atomic mass is 10.0. The fourth-order valence-corrected chi connectivity index (χ4v) is 2.21. The van der Waals surface area contributed by atoms with Gasteiger partial charge in [-0.15, -0.1) is 0 Å². The molecule has 0 unspecified atom stereocenters. The van der Waals surface area contributed by atoms with Crippen LogP contribution in [0, 0.1) is 11.3 Å². The SMILES string of the molecule is CCN(CC(N)=O)c1ccc(C#N)c2ccccc12. The number of hydrogen-bond donors (Lipinski definition) is 1. The Labute approximate surface area is 112 Å². The van der Waals surface area contributed by atoms with Crippen LogP contribution in [0.15, 0.2) is 36.4 Å². The molecule has 0 heterocycles. The lowest BCUT2D eigenvalue weighted by Crippen LogP contribution is -2.33. The Balaban J connectivity index is 2.61. The van der Waals surface area contributed by atoms with Crippen molar-refractivity contribution in [3.8, 4) is 6.07 Å². The zero-order valence-electron chi connectivity index (χ0n) is 10.8. The standard InChI is InChI=1S/C15H15N3O/c1-2-18(10-15(17)19)14-8-7-11(9-16)12-5-3-4-6-13(12)14/h3-8H,2,10H2,1H3,(H2,17,19). The van der Waals surface area contributed by atoms with Crippen molar-refractivity contribution in [3.05, 3.63) is 42.0 Å². The number of nitriles is 1. The zero-order chi connectivity index (χ0) is 13.8. The molecule has 96 valence electrons. The fraction of sp³-hybridized carbons (Fsp3) is 0.200. The fourth-order valence-electron chi connectivity index (χ4n) is 2.21. The zero-order valence-corrected chi connectivity index (χ0v) is 10.8. The Morgan fingerprint density at radius 1 is 1.26 bits per heavy atom. The average Bonchev–Trinajstić information content (AvgIpc) is 2.43. The first-order valence-corrected chi connectivity index (χ1v) is 6.12. The van der Waals surface area contributed by atoms with Crippen LogP contribution in [-0.2, 0) is 4.79 Å². The Kier molecular flexibility index (Phi) is 3.67. The maximum absolute atomic E-state index is 11.1. The molecule has 4 nitrogen and oxygen atoms in total. The Morgan fingerprint density at radius 2 is 1.95 bits per heavy atom. The molecule has 2 aromatic rings. The number of nitrogens with zero attached hydrogens (tertiary/aromatic N) is 2. The average molecular weight is 253 g/mol. The highest BCUT2D eigenvalue weighted by Gasteiger charge is 2.12. The van der Waals surface area contributed by atoms with Gasteiger partial charge in [-0.3, -0.25) is 4.79 Å². The van der Waals surface area contributed by atoms with E-state index in [4.69, 9.17) is 11.0 Å². The number of likely N-dealkylation sites (N-methyl/N-ethyl adjacent to an activating group) is 1. The molecule has 0 atom stereocenters. The molecule has 0 saturated carbocycles. The Bertz CT molecular complexity index is 658. The highest BCUT2D eigenvalue weighted by Crippen LogP contribution is 2.29. The summed E-state index contributed by atoms with van der Waals surface area (Å²) < 4.78 is 0. The summed E-state index contributed by atoms with van der Waals surface area (Å²) in [5, 5.41) is 11.0. The van der Waals surface area contributed by atoms with E-state index in [9.17, 15) is 4.79 Å². The molecule has 2 rings (SSSR count). The van der Waals surface area contributed by atoms with Gasteiger partial charge in [0, 0.05) is 23.0 Å². The van der Waals surface area contributed by atoms with E-state index in [1.54, 1.807) is 6.07 Å². The van der Waals surface area contributed by atoms with Crippen LogP contribution in [0.4, 0.5) is 5.69 Å². The third-order valence-corrected chi connectivity index (χ3v) is 3.09. The molecule has 0 radical (unpaired) electrons. The summed E-state index contributed by atoms with van der Waals surface area (Å²) in [6.07, 6.45) is 0. The third kappa shape index (κ3) is 2.50. The van der Waals surface area contributed by atoms with Crippen molar-refractivity contribution in [1.29, 1.82) is 5.26 Å². The van der Waals surface area contributed by atoms with Crippen molar-refractivity contribution in [3.63, 3.8) is 0 Å². The highest BCUT2D eigenvalue weighted by molar-refractivity contribution is 5.98. The van der Waals surface area contributed by atoms with Crippen LogP contribution >= 0.6 is 0 Å². The Hall–Kier alpha value is -2.54. The number of carbonyl (C=O) groups is 1. The van der Waals surface area contributed by atoms with E-state index in [1.165, 1.54) is 0 Å². The van der Waals surface area contributed by atoms with Gasteiger partial charge >= 0.3 is 0 Å². The molecule has 1 amide bonds. The maximum atomic E-state index is 11.1. The maximum Gasteiger partial charge on any atom is 0.236 e. The van der Waals surface area contributed by atoms with E-state index in [0.29, 0.717) is 12.1 Å². The molecule has 19 heavy (non-hydrogen) atoms. The molecule has 2 N–H and O–H groups in total. The molecule has 0 aliphatic rings. The number of benzene rings is 2. The van der Waals surface area contributed by atoms with E-state index in [0.717, 1.165) is 16.5 Å². The number of carbonyl (C=O) groups excluding carboxylic acids is 1. The summed E-state index contributed by atoms with van der Waals surface area (Å²) in [4.78, 5) is 13.0. The molecule has 0 saturated heterocycles. The number of hydrogen-bond acceptors (Lipinski definition) is 3. The number of nitrogens with two attached hydrogens (primary N) is 1. The lowest BCUT2D eigenvalue weighted by molar-refractivity contribution is -0.116. The van der Waals surface area contributed by atoms with Crippen LogP contribution < -0.4 is 10.6 Å². The summed E-state index contributed by atoms with van der Waals surface area (Å²) in [5.74, 6) is -0.365. The van der Waals surface area contributed by atoms with Crippen LogP contribution in [0.3, 0.4) is 0 Å². The first-order chi connectivity index (χ1) is 9.17. The van der Waals surface area contributed by atoms with E-state index >= 15 is 0 Å². The van der Waals surface area contributed by atoms with E-state index < -0.39 is 0 Å². The van der Waals surface area contributed by atoms with E-state index in [2.05, 4.69) is 6.07 Å². The second-order valence-corrected chi connectivity index (χ2v) is 4.27. The van der Waals surface area contributed by atoms with Gasteiger partial charge in [0.05, 0.1) is 18.2 Å². The smallest absolute Gasteiger partial charge is 0.236 e. The quantitative estimate of drug-likeness (QED) is 0.906. The minimum absolute atomic E-state index is 0.173. The molecule has 0 bridgehead atoms. The van der Waals surface area contributed by atoms with Crippen LogP contribution in [0.5, 0.6) is 0 Å². The van der Waals surface area contributed by atoms with Gasteiger partial charge in [-0.25, -0.2) is 0 Å². The molecule has 0 fully saturated rings. The van der Waals surface area contributed by atoms with Gasteiger partial charge in [0.15, 0.2) is 0 Å². The van der Waals surface area contributed by atoms with Crippen molar-refractivity contribution in [2.24, 2.45) is 5.73 Å². The number of rotatable bonds is 4. The van der Waals surface area contributed by atoms with E-state index in [-0.39, 0.29) is 12.5 Å². The topological polar surface area (TPSA) is 70.1 Å². The van der Waals surface area contributed by atoms with Crippen molar-refractivity contribution in [2.75, 3.05) is 18.0 Å². The summed E-state index contributed by atoms with van der Waals surface area (Å²) in [6.45, 7) is 2.82. The normalized spacial score (nSPS) is 10.1. The number of primary amides is 1. The first kappa shape index (κ1) is 12.9. The number of amides is 1. The van der Waals surface area contributed by atoms with Crippen LogP contribution in [0.2, 0.25) is 0 Å². The van der Waals surface area contributed by atoms with E-state index in [1.807, 2.05) is 42.2 Å². The number of fused-ring (bicyclic) bond motifs is 1. The summed E-state index contributed by atoms with van der Waals surface area (Å²) in [5.41, 5.74) is 6.83. The molecular formula is C15H15N3O. The molecule has 2 aromatic carbocycles. The van der Waals surface area contributed by atoms with Crippen molar-refractivity contribution in [2.45, 2.75) is 6.92 Å². The third-order valence-electron chi connectivity index (χ3n) is 3.09. The minimum atomic E-state index is -0.365. The van der Waals surface area contributed by atoms with Gasteiger partial charge in [-0.05, 0) is 19.1 Å². The second-order valence-electron chi connectivity index (χ2n) is 4.27. The Morgan fingerprint density at radius 3 is 2.53 bits per heavy atom. The van der Waals surface area contributed by atoms with Crippen LogP contribution in [0.25, 0.3) is 10.8 Å². The predicted octanol–water partition coefficient (Wildman–Crippen LogP) is 2.02. The molecular weight excluding hydrogens is 238 g/mol. The van der Waals surface area contributed by atoms with Gasteiger partial charge in [0.2, 0.25) is 5.91 Å². The molecule has 0 aliphatic carbocycles. The van der Waals surface area contributed by atoms with Crippen molar-refractivity contribution >= 4 is 22.4 Å². The van der Waals surface area contributed by atoms with Gasteiger partial charge in [0.25, 0.3) is 0 Å². The molecule has 0 spiro atoms. The number of anilines is 1. The van der Waals surface area contributed by atoms with Crippen LogP contribution in [0.1, 0.15) is 12.5 Å². The van der Waals surface area contributed by atoms with Crippen LogP contribution in [-0.4, -0.2) is 19.0 Å². The highest BCUT2D eigenvalue weighted by atomic mass is 16.1. The van der Waals surface area contributed by atoms with Gasteiger partial charge in [0.1, 0.15) is 0 Å². The minimum Gasteiger partial charge on any atom is -0.368 e. The monoisotopic (exact) mass is 253 g/mol. The van der Waals surface area contributed by atoms with Gasteiger partial charge in [-0.2, -0.15) is 5.26 Å². The lowest BCUT2D eigenvalue weighted by Gasteiger charge is -2.23. The molecule has 0 aliphatic heterocycles. The van der Waals surface area contributed by atoms with Crippen molar-refractivity contribution in [1.82, 2.24) is 0 Å². The second kappa shape index (κ2) is 5.40. The van der Waals surface area contributed by atoms with Gasteiger partial charge in [-0.1, -0.05) is 24.3 Å². The molecule has 4 heteroatoms. The summed E-state index contributed by atoms with van der Waals surface area (Å²) >= 11 is 0. The largest absolute Gasteiger partial charge is 0.368 e. The first-order valence-electron chi connectivity index (χ1n) is 6.12.